The van der Waals surface area contributed by atoms with Crippen LogP contribution in [0.2, 0.25) is 0 Å². The van der Waals surface area contributed by atoms with Crippen LogP contribution >= 0.6 is 0 Å². The number of benzene rings is 2. The number of hydrogen-bond acceptors (Lipinski definition) is 2. The standard InChI is InChI=1S/C22H22N2O2/c1-14(12-16-13-23-19-9-5-4-7-17(16)19)22(26)24-20-11-10-15-6-2-3-8-18(15)21(20)25/h2-9,13-14,20,23H,10-12H2,1H3,(H,24,26). The van der Waals surface area contributed by atoms with Crippen molar-refractivity contribution in [2.45, 2.75) is 32.2 Å². The minimum absolute atomic E-state index is 0.0273. The van der Waals surface area contributed by atoms with Crippen molar-refractivity contribution < 1.29 is 9.59 Å². The monoisotopic (exact) mass is 346 g/mol. The summed E-state index contributed by atoms with van der Waals surface area (Å²) in [5.41, 5.74) is 4.03. The van der Waals surface area contributed by atoms with Gasteiger partial charge in [0.05, 0.1) is 6.04 Å². The number of fused-ring (bicyclic) bond motifs is 2. The molecule has 0 radical (unpaired) electrons. The summed E-state index contributed by atoms with van der Waals surface area (Å²) in [6.07, 6.45) is 4.11. The van der Waals surface area contributed by atoms with Crippen molar-refractivity contribution in [3.63, 3.8) is 0 Å². The van der Waals surface area contributed by atoms with Crippen molar-refractivity contribution in [2.24, 2.45) is 5.92 Å². The Labute approximate surface area is 152 Å². The number of hydrogen-bond donors (Lipinski definition) is 2. The smallest absolute Gasteiger partial charge is 0.223 e. The Kier molecular flexibility index (Phi) is 4.33. The molecular weight excluding hydrogens is 324 g/mol. The Morgan fingerprint density at radius 1 is 1.19 bits per heavy atom. The molecule has 0 saturated heterocycles. The van der Waals surface area contributed by atoms with Crippen LogP contribution in [0.3, 0.4) is 0 Å². The molecule has 4 rings (SSSR count). The average molecular weight is 346 g/mol. The molecule has 0 aliphatic heterocycles. The fourth-order valence-electron chi connectivity index (χ4n) is 3.77. The molecule has 2 unspecified atom stereocenters. The van der Waals surface area contributed by atoms with E-state index in [1.807, 2.05) is 55.6 Å². The second-order valence-electron chi connectivity index (χ2n) is 7.09. The molecule has 0 spiro atoms. The summed E-state index contributed by atoms with van der Waals surface area (Å²) in [5.74, 6) is -0.230. The molecular formula is C22H22N2O2. The van der Waals surface area contributed by atoms with Gasteiger partial charge in [-0.2, -0.15) is 0 Å². The average Bonchev–Trinajstić information content (AvgIpc) is 3.07. The van der Waals surface area contributed by atoms with Crippen LogP contribution in [0.4, 0.5) is 0 Å². The normalized spacial score (nSPS) is 17.7. The summed E-state index contributed by atoms with van der Waals surface area (Å²) in [7, 11) is 0. The molecule has 2 aromatic carbocycles. The van der Waals surface area contributed by atoms with Crippen LogP contribution in [0.1, 0.15) is 34.8 Å². The Morgan fingerprint density at radius 2 is 1.96 bits per heavy atom. The van der Waals surface area contributed by atoms with Crippen molar-refractivity contribution >= 4 is 22.6 Å². The Morgan fingerprint density at radius 3 is 2.85 bits per heavy atom. The van der Waals surface area contributed by atoms with Crippen LogP contribution in [0.5, 0.6) is 0 Å². The van der Waals surface area contributed by atoms with Gasteiger partial charge in [0, 0.05) is 28.6 Å². The number of nitrogens with one attached hydrogen (secondary N) is 2. The first-order chi connectivity index (χ1) is 12.6. The van der Waals surface area contributed by atoms with E-state index in [1.54, 1.807) is 0 Å². The van der Waals surface area contributed by atoms with Crippen LogP contribution in [-0.4, -0.2) is 22.7 Å². The number of aryl methyl sites for hydroxylation is 1. The largest absolute Gasteiger partial charge is 0.361 e. The Hall–Kier alpha value is -2.88. The number of rotatable bonds is 4. The van der Waals surface area contributed by atoms with Gasteiger partial charge in [0.25, 0.3) is 0 Å². The lowest BCUT2D eigenvalue weighted by atomic mass is 9.87. The molecule has 4 heteroatoms. The molecule has 4 nitrogen and oxygen atoms in total. The van der Waals surface area contributed by atoms with E-state index in [2.05, 4.69) is 16.4 Å². The highest BCUT2D eigenvalue weighted by Crippen LogP contribution is 2.23. The number of Topliss-reactive ketones (excluding diaryl/α,β-unsaturated/α-hetero) is 1. The third-order valence-corrected chi connectivity index (χ3v) is 5.27. The summed E-state index contributed by atoms with van der Waals surface area (Å²) in [6.45, 7) is 1.92. The number of aromatic amines is 1. The van der Waals surface area contributed by atoms with Gasteiger partial charge in [-0.3, -0.25) is 9.59 Å². The molecule has 26 heavy (non-hydrogen) atoms. The van der Waals surface area contributed by atoms with Gasteiger partial charge in [0.2, 0.25) is 5.91 Å². The molecule has 0 bridgehead atoms. The number of ketones is 1. The van der Waals surface area contributed by atoms with Gasteiger partial charge in [0.1, 0.15) is 0 Å². The zero-order chi connectivity index (χ0) is 18.1. The summed E-state index contributed by atoms with van der Waals surface area (Å²) in [5, 5.41) is 4.12. The second-order valence-corrected chi connectivity index (χ2v) is 7.09. The lowest BCUT2D eigenvalue weighted by molar-refractivity contribution is -0.125. The van der Waals surface area contributed by atoms with E-state index >= 15 is 0 Å². The van der Waals surface area contributed by atoms with E-state index in [0.717, 1.165) is 34.0 Å². The van der Waals surface area contributed by atoms with Gasteiger partial charge in [-0.1, -0.05) is 49.4 Å². The topological polar surface area (TPSA) is 62.0 Å². The molecule has 2 N–H and O–H groups in total. The molecule has 0 saturated carbocycles. The number of carbonyl (C=O) groups is 2. The Balaban J connectivity index is 1.44. The summed E-state index contributed by atoms with van der Waals surface area (Å²) >= 11 is 0. The van der Waals surface area contributed by atoms with E-state index in [0.29, 0.717) is 12.8 Å². The predicted octanol–water partition coefficient (Wildman–Crippen LogP) is 3.66. The maximum atomic E-state index is 12.7. The van der Waals surface area contributed by atoms with Crippen molar-refractivity contribution in [1.82, 2.24) is 10.3 Å². The lowest BCUT2D eigenvalue weighted by Crippen LogP contribution is -2.45. The summed E-state index contributed by atoms with van der Waals surface area (Å²) in [4.78, 5) is 28.6. The molecule has 1 aliphatic rings. The zero-order valence-electron chi connectivity index (χ0n) is 14.8. The van der Waals surface area contributed by atoms with E-state index in [9.17, 15) is 9.59 Å². The number of amides is 1. The Bertz CT molecular complexity index is 973. The van der Waals surface area contributed by atoms with Gasteiger partial charge in [-0.25, -0.2) is 0 Å². The summed E-state index contributed by atoms with van der Waals surface area (Å²) in [6, 6.07) is 15.3. The maximum absolute atomic E-state index is 12.7. The second kappa shape index (κ2) is 6.79. The van der Waals surface area contributed by atoms with E-state index in [4.69, 9.17) is 0 Å². The van der Waals surface area contributed by atoms with Gasteiger partial charge < -0.3 is 10.3 Å². The van der Waals surface area contributed by atoms with Crippen molar-refractivity contribution in [3.8, 4) is 0 Å². The molecule has 2 atom stereocenters. The van der Waals surface area contributed by atoms with Crippen LogP contribution in [0.15, 0.2) is 54.7 Å². The van der Waals surface area contributed by atoms with Gasteiger partial charge in [0.15, 0.2) is 5.78 Å². The third-order valence-electron chi connectivity index (χ3n) is 5.27. The van der Waals surface area contributed by atoms with Crippen LogP contribution in [-0.2, 0) is 17.6 Å². The van der Waals surface area contributed by atoms with E-state index in [1.165, 1.54) is 0 Å². The van der Waals surface area contributed by atoms with Gasteiger partial charge in [-0.05, 0) is 36.5 Å². The van der Waals surface area contributed by atoms with Gasteiger partial charge >= 0.3 is 0 Å². The van der Waals surface area contributed by atoms with Crippen LogP contribution < -0.4 is 5.32 Å². The number of H-pyrrole nitrogens is 1. The molecule has 1 aromatic heterocycles. The molecule has 0 fully saturated rings. The van der Waals surface area contributed by atoms with Crippen molar-refractivity contribution in [1.29, 1.82) is 0 Å². The summed E-state index contributed by atoms with van der Waals surface area (Å²) < 4.78 is 0. The van der Waals surface area contributed by atoms with Gasteiger partial charge in [-0.15, -0.1) is 0 Å². The minimum Gasteiger partial charge on any atom is -0.361 e. The maximum Gasteiger partial charge on any atom is 0.223 e. The predicted molar refractivity (Wildman–Crippen MR) is 102 cm³/mol. The quantitative estimate of drug-likeness (QED) is 0.757. The molecule has 1 heterocycles. The first-order valence-corrected chi connectivity index (χ1v) is 9.11. The molecule has 3 aromatic rings. The lowest BCUT2D eigenvalue weighted by Gasteiger charge is -2.25. The van der Waals surface area contributed by atoms with Crippen LogP contribution in [0.25, 0.3) is 10.9 Å². The van der Waals surface area contributed by atoms with Crippen molar-refractivity contribution in [3.05, 3.63) is 71.4 Å². The first-order valence-electron chi connectivity index (χ1n) is 9.11. The SMILES string of the molecule is CC(Cc1c[nH]c2ccccc12)C(=O)NC1CCc2ccccc2C1=O. The third kappa shape index (κ3) is 3.03. The minimum atomic E-state index is -0.414. The molecule has 1 aliphatic carbocycles. The van der Waals surface area contributed by atoms with E-state index < -0.39 is 6.04 Å². The van der Waals surface area contributed by atoms with Crippen molar-refractivity contribution in [2.75, 3.05) is 0 Å². The fraction of sp³-hybridized carbons (Fsp3) is 0.273. The highest BCUT2D eigenvalue weighted by atomic mass is 16.2. The highest BCUT2D eigenvalue weighted by Gasteiger charge is 2.29. The van der Waals surface area contributed by atoms with E-state index in [-0.39, 0.29) is 17.6 Å². The highest BCUT2D eigenvalue weighted by molar-refractivity contribution is 6.04. The fourth-order valence-corrected chi connectivity index (χ4v) is 3.77. The number of para-hydroxylation sites is 1. The molecule has 132 valence electrons. The number of aromatic nitrogens is 1. The first kappa shape index (κ1) is 16.6. The molecule has 1 amide bonds. The number of carbonyl (C=O) groups excluding carboxylic acids is 2. The van der Waals surface area contributed by atoms with Crippen LogP contribution in [0, 0.1) is 5.92 Å². The zero-order valence-corrected chi connectivity index (χ0v) is 14.8.